The van der Waals surface area contributed by atoms with Crippen LogP contribution in [0.3, 0.4) is 0 Å². The van der Waals surface area contributed by atoms with Gasteiger partial charge >= 0.3 is 0 Å². The number of rotatable bonds is 4. The van der Waals surface area contributed by atoms with E-state index in [0.717, 1.165) is 8.96 Å². The van der Waals surface area contributed by atoms with Crippen LogP contribution < -0.4 is 23.8 Å². The Labute approximate surface area is 174 Å². The van der Waals surface area contributed by atoms with Crippen molar-refractivity contribution >= 4 is 45.1 Å². The highest BCUT2D eigenvalue weighted by atomic mass is 127. The van der Waals surface area contributed by atoms with Crippen LogP contribution in [-0.4, -0.2) is 44.2 Å². The van der Waals surface area contributed by atoms with Crippen molar-refractivity contribution < 1.29 is 23.7 Å². The Morgan fingerprint density at radius 2 is 1.79 bits per heavy atom. The first kappa shape index (κ1) is 18.5. The third-order valence-corrected chi connectivity index (χ3v) is 5.37. The van der Waals surface area contributed by atoms with Gasteiger partial charge in [-0.2, -0.15) is 10.2 Å². The van der Waals surface area contributed by atoms with Gasteiger partial charge in [0.15, 0.2) is 23.0 Å². The summed E-state index contributed by atoms with van der Waals surface area (Å²) in [6.07, 6.45) is 1.55. The average molecular weight is 493 g/mol. The van der Waals surface area contributed by atoms with E-state index in [2.05, 4.69) is 32.8 Å². The summed E-state index contributed by atoms with van der Waals surface area (Å²) in [5.41, 5.74) is 1.72. The standard InChI is InChI=1S/C19H16IN3O5/c1-23(19(24)10-4-15(25-2)16(26-3)6-12(10)20)14-8-21-22-13-7-18-17(5-11(13)14)27-9-28-18/h4-8H,9H2,1-3H3. The van der Waals surface area contributed by atoms with Crippen molar-refractivity contribution in [2.24, 2.45) is 0 Å². The Morgan fingerprint density at radius 1 is 1.11 bits per heavy atom. The molecule has 1 aliphatic rings. The average Bonchev–Trinajstić information content (AvgIpc) is 3.17. The van der Waals surface area contributed by atoms with Crippen molar-refractivity contribution in [3.63, 3.8) is 0 Å². The molecule has 0 saturated heterocycles. The number of ether oxygens (including phenoxy) is 4. The minimum atomic E-state index is -0.211. The van der Waals surface area contributed by atoms with Gasteiger partial charge in [-0.05, 0) is 40.8 Å². The van der Waals surface area contributed by atoms with Gasteiger partial charge in [-0.15, -0.1) is 0 Å². The molecule has 0 unspecified atom stereocenters. The van der Waals surface area contributed by atoms with Crippen LogP contribution in [0.25, 0.3) is 10.9 Å². The van der Waals surface area contributed by atoms with E-state index in [0.29, 0.717) is 39.8 Å². The molecule has 0 bridgehead atoms. The van der Waals surface area contributed by atoms with Crippen LogP contribution in [0.4, 0.5) is 5.69 Å². The zero-order valence-corrected chi connectivity index (χ0v) is 17.5. The lowest BCUT2D eigenvalue weighted by molar-refractivity contribution is 0.0992. The molecule has 0 saturated carbocycles. The Kier molecular flexibility index (Phi) is 4.84. The Hall–Kier alpha value is -2.82. The number of carbonyl (C=O) groups excluding carboxylic acids is 1. The first-order valence-corrected chi connectivity index (χ1v) is 9.36. The fraction of sp³-hybridized carbons (Fsp3) is 0.211. The highest BCUT2D eigenvalue weighted by molar-refractivity contribution is 14.1. The maximum absolute atomic E-state index is 13.2. The zero-order valence-electron chi connectivity index (χ0n) is 15.4. The molecule has 1 aliphatic heterocycles. The van der Waals surface area contributed by atoms with Crippen LogP contribution in [-0.2, 0) is 0 Å². The fourth-order valence-corrected chi connectivity index (χ4v) is 3.68. The maximum Gasteiger partial charge on any atom is 0.259 e. The molecule has 2 heterocycles. The SMILES string of the molecule is COc1cc(I)c(C(=O)N(C)c2cnnc3cc4c(cc23)OCO4)cc1OC. The van der Waals surface area contributed by atoms with Crippen LogP contribution in [0, 0.1) is 3.57 Å². The molecule has 0 aliphatic carbocycles. The normalized spacial score (nSPS) is 12.1. The van der Waals surface area contributed by atoms with Gasteiger partial charge in [0.25, 0.3) is 5.91 Å². The van der Waals surface area contributed by atoms with E-state index in [9.17, 15) is 4.79 Å². The summed E-state index contributed by atoms with van der Waals surface area (Å²) in [4.78, 5) is 14.8. The number of aromatic nitrogens is 2. The number of fused-ring (bicyclic) bond motifs is 2. The Bertz CT molecular complexity index is 1090. The lowest BCUT2D eigenvalue weighted by atomic mass is 10.1. The smallest absolute Gasteiger partial charge is 0.259 e. The number of carbonyl (C=O) groups is 1. The van der Waals surface area contributed by atoms with Crippen LogP contribution in [0.15, 0.2) is 30.5 Å². The van der Waals surface area contributed by atoms with E-state index < -0.39 is 0 Å². The molecule has 4 rings (SSSR count). The van der Waals surface area contributed by atoms with E-state index in [-0.39, 0.29) is 12.7 Å². The van der Waals surface area contributed by atoms with Crippen molar-refractivity contribution in [1.82, 2.24) is 10.2 Å². The molecule has 0 radical (unpaired) electrons. The third-order valence-electron chi connectivity index (χ3n) is 4.48. The molecule has 0 spiro atoms. The number of nitrogens with zero attached hydrogens (tertiary/aromatic N) is 3. The van der Waals surface area contributed by atoms with Crippen molar-refractivity contribution in [1.29, 1.82) is 0 Å². The second-order valence-corrected chi connectivity index (χ2v) is 7.17. The van der Waals surface area contributed by atoms with Crippen molar-refractivity contribution in [3.05, 3.63) is 39.6 Å². The lowest BCUT2D eigenvalue weighted by Crippen LogP contribution is -2.27. The van der Waals surface area contributed by atoms with Gasteiger partial charge in [0, 0.05) is 22.1 Å². The Morgan fingerprint density at radius 3 is 2.50 bits per heavy atom. The molecule has 1 amide bonds. The zero-order chi connectivity index (χ0) is 19.8. The molecular weight excluding hydrogens is 477 g/mol. The molecule has 2 aromatic carbocycles. The molecular formula is C19H16IN3O5. The van der Waals surface area contributed by atoms with Crippen LogP contribution >= 0.6 is 22.6 Å². The lowest BCUT2D eigenvalue weighted by Gasteiger charge is -2.20. The predicted octanol–water partition coefficient (Wildman–Crippen LogP) is 3.26. The highest BCUT2D eigenvalue weighted by Crippen LogP contribution is 2.39. The molecule has 9 heteroatoms. The van der Waals surface area contributed by atoms with E-state index in [1.165, 1.54) is 12.0 Å². The van der Waals surface area contributed by atoms with Gasteiger partial charge in [-0.25, -0.2) is 0 Å². The minimum absolute atomic E-state index is 0.160. The summed E-state index contributed by atoms with van der Waals surface area (Å²) in [5, 5.41) is 8.91. The fourth-order valence-electron chi connectivity index (χ4n) is 3.01. The molecule has 28 heavy (non-hydrogen) atoms. The highest BCUT2D eigenvalue weighted by Gasteiger charge is 2.23. The number of hydrogen-bond acceptors (Lipinski definition) is 7. The van der Waals surface area contributed by atoms with Crippen LogP contribution in [0.5, 0.6) is 23.0 Å². The minimum Gasteiger partial charge on any atom is -0.493 e. The summed E-state index contributed by atoms with van der Waals surface area (Å²) in [6.45, 7) is 0.160. The van der Waals surface area contributed by atoms with Crippen molar-refractivity contribution in [3.8, 4) is 23.0 Å². The monoisotopic (exact) mass is 493 g/mol. The maximum atomic E-state index is 13.2. The van der Waals surface area contributed by atoms with E-state index >= 15 is 0 Å². The van der Waals surface area contributed by atoms with Gasteiger partial charge < -0.3 is 23.8 Å². The Balaban J connectivity index is 1.78. The van der Waals surface area contributed by atoms with Crippen molar-refractivity contribution in [2.75, 3.05) is 33.0 Å². The quantitative estimate of drug-likeness (QED) is 0.517. The van der Waals surface area contributed by atoms with Gasteiger partial charge in [0.05, 0.1) is 37.2 Å². The van der Waals surface area contributed by atoms with Gasteiger partial charge in [0.1, 0.15) is 0 Å². The molecule has 1 aromatic heterocycles. The van der Waals surface area contributed by atoms with Gasteiger partial charge in [0.2, 0.25) is 6.79 Å². The summed E-state index contributed by atoms with van der Waals surface area (Å²) < 4.78 is 22.2. The third kappa shape index (κ3) is 3.05. The van der Waals surface area contributed by atoms with Crippen LogP contribution in [0.2, 0.25) is 0 Å². The molecule has 0 N–H and O–H groups in total. The number of hydrogen-bond donors (Lipinski definition) is 0. The topological polar surface area (TPSA) is 83.0 Å². The molecule has 144 valence electrons. The second-order valence-electron chi connectivity index (χ2n) is 6.00. The summed E-state index contributed by atoms with van der Waals surface area (Å²) >= 11 is 2.10. The number of benzene rings is 2. The molecule has 3 aromatic rings. The molecule has 8 nitrogen and oxygen atoms in total. The number of methoxy groups -OCH3 is 2. The summed E-state index contributed by atoms with van der Waals surface area (Å²) in [5.74, 6) is 2.07. The number of anilines is 1. The number of halogens is 1. The second kappa shape index (κ2) is 7.30. The van der Waals surface area contributed by atoms with E-state index in [1.54, 1.807) is 38.6 Å². The summed E-state index contributed by atoms with van der Waals surface area (Å²) in [6, 6.07) is 7.00. The van der Waals surface area contributed by atoms with Gasteiger partial charge in [-0.1, -0.05) is 0 Å². The number of amides is 1. The predicted molar refractivity (Wildman–Crippen MR) is 111 cm³/mol. The molecule has 0 atom stereocenters. The molecule has 0 fully saturated rings. The van der Waals surface area contributed by atoms with Gasteiger partial charge in [-0.3, -0.25) is 4.79 Å². The largest absolute Gasteiger partial charge is 0.493 e. The van der Waals surface area contributed by atoms with E-state index in [1.807, 2.05) is 6.07 Å². The van der Waals surface area contributed by atoms with Crippen molar-refractivity contribution in [2.45, 2.75) is 0 Å². The van der Waals surface area contributed by atoms with E-state index in [4.69, 9.17) is 18.9 Å². The first-order valence-electron chi connectivity index (χ1n) is 8.28. The summed E-state index contributed by atoms with van der Waals surface area (Å²) in [7, 11) is 4.78. The first-order chi connectivity index (χ1) is 13.5. The van der Waals surface area contributed by atoms with Crippen LogP contribution in [0.1, 0.15) is 10.4 Å².